The summed E-state index contributed by atoms with van der Waals surface area (Å²) in [7, 11) is -4.11. The van der Waals surface area contributed by atoms with E-state index in [9.17, 15) is 13.2 Å². The molecule has 0 aliphatic carbocycles. The highest BCUT2D eigenvalue weighted by atomic mass is 32.2. The number of para-hydroxylation sites is 1. The second-order valence-corrected chi connectivity index (χ2v) is 10.2. The van der Waals surface area contributed by atoms with E-state index in [-0.39, 0.29) is 4.90 Å². The van der Waals surface area contributed by atoms with Crippen LogP contribution in [0, 0.1) is 0 Å². The van der Waals surface area contributed by atoms with Crippen molar-refractivity contribution in [1.82, 2.24) is 24.9 Å². The normalized spacial score (nSPS) is 18.3. The number of hydrogen-bond acceptors (Lipinski definition) is 8. The number of sulfonamides is 1. The number of rotatable bonds is 5. The Morgan fingerprint density at radius 3 is 2.50 bits per heavy atom. The zero-order chi connectivity index (χ0) is 25.1. The average Bonchev–Trinajstić information content (AvgIpc) is 3.58. The number of amides is 1. The molecule has 3 aromatic carbocycles. The van der Waals surface area contributed by atoms with Gasteiger partial charge in [-0.2, -0.15) is 14.8 Å². The fourth-order valence-corrected chi connectivity index (χ4v) is 5.60. The Labute approximate surface area is 205 Å². The van der Waals surface area contributed by atoms with Gasteiger partial charge in [-0.1, -0.05) is 18.2 Å². The van der Waals surface area contributed by atoms with Crippen molar-refractivity contribution in [2.75, 3.05) is 5.01 Å². The summed E-state index contributed by atoms with van der Waals surface area (Å²) in [5.41, 5.74) is 1.13. The van der Waals surface area contributed by atoms with E-state index in [0.29, 0.717) is 33.6 Å². The maximum Gasteiger partial charge on any atom is 0.274 e. The zero-order valence-corrected chi connectivity index (χ0v) is 20.0. The van der Waals surface area contributed by atoms with Gasteiger partial charge in [0.25, 0.3) is 5.91 Å². The molecule has 0 fully saturated rings. The molecule has 1 amide bonds. The molecule has 6 rings (SSSR count). The molecule has 0 spiro atoms. The van der Waals surface area contributed by atoms with Crippen molar-refractivity contribution < 1.29 is 17.6 Å². The molecule has 36 heavy (non-hydrogen) atoms. The average molecular weight is 502 g/mol. The number of furan rings is 1. The van der Waals surface area contributed by atoms with Gasteiger partial charge in [0.1, 0.15) is 17.5 Å². The van der Waals surface area contributed by atoms with Gasteiger partial charge >= 0.3 is 0 Å². The van der Waals surface area contributed by atoms with Crippen LogP contribution in [0.3, 0.4) is 0 Å². The fourth-order valence-electron chi connectivity index (χ4n) is 4.19. The lowest BCUT2D eigenvalue weighted by atomic mass is 9.98. The van der Waals surface area contributed by atoms with Gasteiger partial charge in [-0.3, -0.25) is 4.79 Å². The molecule has 0 saturated heterocycles. The standard InChI is InChI=1S/C24H19N7O4S/c1-15-24(2,23(32)31(26-15)16-6-4-3-5-7-16)27-36(33,34)18-9-11-21-20(13-18)19-10-8-17(12-22(19)35-21)30-14-25-28-29-30/h3-14,27H,1-2H3/t24-/m0/s1. The number of hydrazone groups is 1. The lowest BCUT2D eigenvalue weighted by molar-refractivity contribution is -0.120. The molecule has 0 saturated carbocycles. The summed E-state index contributed by atoms with van der Waals surface area (Å²) in [6.45, 7) is 3.14. The Morgan fingerprint density at radius 2 is 1.75 bits per heavy atom. The number of anilines is 1. The number of fused-ring (bicyclic) bond motifs is 3. The van der Waals surface area contributed by atoms with Gasteiger partial charge in [0.05, 0.1) is 22.0 Å². The summed E-state index contributed by atoms with van der Waals surface area (Å²) in [6.07, 6.45) is 1.47. The minimum absolute atomic E-state index is 0.00207. The van der Waals surface area contributed by atoms with E-state index in [2.05, 4.69) is 25.3 Å². The van der Waals surface area contributed by atoms with Crippen LogP contribution in [0.2, 0.25) is 0 Å². The molecule has 0 unspecified atom stereocenters. The quantitative estimate of drug-likeness (QED) is 0.391. The van der Waals surface area contributed by atoms with E-state index in [4.69, 9.17) is 4.42 Å². The molecule has 0 radical (unpaired) electrons. The lowest BCUT2D eigenvalue weighted by Crippen LogP contribution is -2.56. The first-order valence-electron chi connectivity index (χ1n) is 11.0. The highest BCUT2D eigenvalue weighted by Crippen LogP contribution is 2.33. The number of hydrogen-bond donors (Lipinski definition) is 1. The summed E-state index contributed by atoms with van der Waals surface area (Å²) in [5.74, 6) is -0.486. The number of aromatic nitrogens is 4. The van der Waals surface area contributed by atoms with Gasteiger partial charge in [-0.05, 0) is 66.7 Å². The highest BCUT2D eigenvalue weighted by Gasteiger charge is 2.48. The van der Waals surface area contributed by atoms with Crippen molar-refractivity contribution in [1.29, 1.82) is 0 Å². The van der Waals surface area contributed by atoms with Gasteiger partial charge in [-0.15, -0.1) is 5.10 Å². The van der Waals surface area contributed by atoms with Crippen molar-refractivity contribution in [3.8, 4) is 5.69 Å². The van der Waals surface area contributed by atoms with Crippen molar-refractivity contribution in [2.45, 2.75) is 24.3 Å². The van der Waals surface area contributed by atoms with Gasteiger partial charge in [0.2, 0.25) is 10.0 Å². The van der Waals surface area contributed by atoms with E-state index in [1.54, 1.807) is 43.3 Å². The molecular weight excluding hydrogens is 482 g/mol. The number of benzene rings is 3. The van der Waals surface area contributed by atoms with Crippen LogP contribution in [0.4, 0.5) is 5.69 Å². The van der Waals surface area contributed by atoms with Gasteiger partial charge < -0.3 is 4.42 Å². The molecule has 3 heterocycles. The van der Waals surface area contributed by atoms with Crippen LogP contribution in [0.15, 0.2) is 87.5 Å². The Bertz CT molecular complexity index is 1780. The number of carbonyl (C=O) groups excluding carboxylic acids is 1. The number of nitrogens with zero attached hydrogens (tertiary/aromatic N) is 6. The second kappa shape index (κ2) is 7.80. The molecule has 2 aromatic heterocycles. The first kappa shape index (κ1) is 22.1. The van der Waals surface area contributed by atoms with Crippen LogP contribution in [0.5, 0.6) is 0 Å². The van der Waals surface area contributed by atoms with Crippen molar-refractivity contribution in [3.63, 3.8) is 0 Å². The Kier molecular flexibility index (Phi) is 4.78. The van der Waals surface area contributed by atoms with Crippen LogP contribution in [0.1, 0.15) is 13.8 Å². The first-order chi connectivity index (χ1) is 17.3. The molecule has 12 heteroatoms. The number of carbonyl (C=O) groups is 1. The molecule has 1 aliphatic heterocycles. The van der Waals surface area contributed by atoms with E-state index >= 15 is 0 Å². The maximum atomic E-state index is 13.4. The van der Waals surface area contributed by atoms with E-state index < -0.39 is 21.5 Å². The van der Waals surface area contributed by atoms with Gasteiger partial charge in [-0.25, -0.2) is 13.1 Å². The third-order valence-corrected chi connectivity index (χ3v) is 7.83. The lowest BCUT2D eigenvalue weighted by Gasteiger charge is -2.24. The molecule has 1 aliphatic rings. The number of nitrogens with one attached hydrogen (secondary N) is 1. The summed E-state index contributed by atoms with van der Waals surface area (Å²) in [6, 6.07) is 18.8. The van der Waals surface area contributed by atoms with E-state index in [1.165, 1.54) is 35.1 Å². The summed E-state index contributed by atoms with van der Waals surface area (Å²) in [5, 5.41) is 18.0. The topological polar surface area (TPSA) is 136 Å². The molecule has 0 bridgehead atoms. The Morgan fingerprint density at radius 1 is 0.944 bits per heavy atom. The van der Waals surface area contributed by atoms with Gasteiger partial charge in [0.15, 0.2) is 5.54 Å². The van der Waals surface area contributed by atoms with Crippen molar-refractivity contribution >= 4 is 49.3 Å². The molecule has 5 aromatic rings. The monoisotopic (exact) mass is 501 g/mol. The summed E-state index contributed by atoms with van der Waals surface area (Å²) in [4.78, 5) is 13.3. The molecule has 180 valence electrons. The highest BCUT2D eigenvalue weighted by molar-refractivity contribution is 7.89. The van der Waals surface area contributed by atoms with Crippen LogP contribution in [-0.4, -0.2) is 45.8 Å². The fraction of sp³-hybridized carbons (Fsp3) is 0.125. The SMILES string of the molecule is CC1=NN(c2ccccc2)C(=O)[C@@]1(C)NS(=O)(=O)c1ccc2oc3cc(-n4cnnn4)ccc3c2c1. The molecular formula is C24H19N7O4S. The minimum atomic E-state index is -4.11. The molecule has 11 nitrogen and oxygen atoms in total. The predicted octanol–water partition coefficient (Wildman–Crippen LogP) is 3.02. The summed E-state index contributed by atoms with van der Waals surface area (Å²) >= 11 is 0. The van der Waals surface area contributed by atoms with E-state index in [0.717, 1.165) is 5.39 Å². The smallest absolute Gasteiger partial charge is 0.274 e. The minimum Gasteiger partial charge on any atom is -0.456 e. The predicted molar refractivity (Wildman–Crippen MR) is 132 cm³/mol. The third-order valence-electron chi connectivity index (χ3n) is 6.28. The van der Waals surface area contributed by atoms with Crippen LogP contribution in [0.25, 0.3) is 27.6 Å². The second-order valence-electron chi connectivity index (χ2n) is 8.56. The van der Waals surface area contributed by atoms with E-state index in [1.807, 2.05) is 18.2 Å². The van der Waals surface area contributed by atoms with Crippen molar-refractivity contribution in [2.24, 2.45) is 5.10 Å². The zero-order valence-electron chi connectivity index (χ0n) is 19.2. The largest absolute Gasteiger partial charge is 0.456 e. The van der Waals surface area contributed by atoms with Crippen LogP contribution >= 0.6 is 0 Å². The van der Waals surface area contributed by atoms with Gasteiger partial charge in [0, 0.05) is 16.8 Å². The Hall–Kier alpha value is -4.42. The Balaban J connectivity index is 1.35. The van der Waals surface area contributed by atoms with Crippen LogP contribution in [-0.2, 0) is 14.8 Å². The van der Waals surface area contributed by atoms with Crippen LogP contribution < -0.4 is 9.73 Å². The molecule has 1 N–H and O–H groups in total. The number of tetrazole rings is 1. The van der Waals surface area contributed by atoms with Crippen molar-refractivity contribution in [3.05, 3.63) is 73.1 Å². The maximum absolute atomic E-state index is 13.4. The summed E-state index contributed by atoms with van der Waals surface area (Å²) < 4.78 is 36.9. The first-order valence-corrected chi connectivity index (χ1v) is 12.4. The molecule has 1 atom stereocenters. The third kappa shape index (κ3) is 3.38.